The monoisotopic (exact) mass is 226 g/mol. The second-order valence-electron chi connectivity index (χ2n) is 5.06. The molecule has 1 saturated heterocycles. The Hall–Kier alpha value is -0.180. The molecule has 1 aliphatic carbocycles. The Morgan fingerprint density at radius 3 is 2.87 bits per heavy atom. The lowest BCUT2D eigenvalue weighted by molar-refractivity contribution is 0.451. The molecule has 0 bridgehead atoms. The van der Waals surface area contributed by atoms with Crippen LogP contribution in [0.3, 0.4) is 0 Å². The Kier molecular flexibility index (Phi) is 3.60. The zero-order valence-electron chi connectivity index (χ0n) is 9.88. The van der Waals surface area contributed by atoms with Gasteiger partial charge < -0.3 is 5.32 Å². The minimum atomic E-state index is 0.430. The van der Waals surface area contributed by atoms with Gasteiger partial charge in [0.15, 0.2) is 5.17 Å². The average molecular weight is 226 g/mol. The highest BCUT2D eigenvalue weighted by atomic mass is 32.2. The molecular formula is C12H22N2S. The average Bonchev–Trinajstić information content (AvgIpc) is 2.86. The van der Waals surface area contributed by atoms with Gasteiger partial charge in [0.2, 0.25) is 0 Å². The van der Waals surface area contributed by atoms with Crippen LogP contribution in [0.15, 0.2) is 4.99 Å². The molecule has 15 heavy (non-hydrogen) atoms. The predicted molar refractivity (Wildman–Crippen MR) is 68.5 cm³/mol. The van der Waals surface area contributed by atoms with Gasteiger partial charge in [0.1, 0.15) is 0 Å². The van der Waals surface area contributed by atoms with Gasteiger partial charge in [-0.15, -0.1) is 0 Å². The van der Waals surface area contributed by atoms with Gasteiger partial charge in [-0.3, -0.25) is 4.99 Å². The standard InChI is InChI=1S/C12H22N2S/c1-3-10(2)8-13-11-14-12(9-15-11)6-4-5-7-12/h10H,3-9H2,1-2H3,(H,13,14). The van der Waals surface area contributed by atoms with E-state index in [-0.39, 0.29) is 0 Å². The lowest BCUT2D eigenvalue weighted by Crippen LogP contribution is -2.40. The third-order valence-electron chi connectivity index (χ3n) is 3.66. The number of rotatable bonds is 3. The summed E-state index contributed by atoms with van der Waals surface area (Å²) in [4.78, 5) is 4.68. The predicted octanol–water partition coefficient (Wildman–Crippen LogP) is 3.04. The van der Waals surface area contributed by atoms with Crippen LogP contribution in [-0.4, -0.2) is 23.0 Å². The van der Waals surface area contributed by atoms with E-state index < -0.39 is 0 Å². The van der Waals surface area contributed by atoms with Gasteiger partial charge in [-0.25, -0.2) is 0 Å². The van der Waals surface area contributed by atoms with Crippen LogP contribution in [0, 0.1) is 5.92 Å². The fourth-order valence-electron chi connectivity index (χ4n) is 2.28. The normalized spacial score (nSPS) is 28.5. The lowest BCUT2D eigenvalue weighted by Gasteiger charge is -2.21. The number of hydrogen-bond acceptors (Lipinski definition) is 2. The summed E-state index contributed by atoms with van der Waals surface area (Å²) in [5.74, 6) is 1.96. The maximum Gasteiger partial charge on any atom is 0.157 e. The number of nitrogens with zero attached hydrogens (tertiary/aromatic N) is 1. The quantitative estimate of drug-likeness (QED) is 0.800. The van der Waals surface area contributed by atoms with Crippen LogP contribution in [-0.2, 0) is 0 Å². The molecule has 2 fully saturated rings. The first-order chi connectivity index (χ1) is 7.24. The molecule has 3 heteroatoms. The summed E-state index contributed by atoms with van der Waals surface area (Å²) in [6.45, 7) is 5.50. The molecule has 1 atom stereocenters. The van der Waals surface area contributed by atoms with Gasteiger partial charge in [0.05, 0.1) is 0 Å². The highest BCUT2D eigenvalue weighted by Crippen LogP contribution is 2.37. The fourth-order valence-corrected chi connectivity index (χ4v) is 3.51. The van der Waals surface area contributed by atoms with Gasteiger partial charge >= 0.3 is 0 Å². The fraction of sp³-hybridized carbons (Fsp3) is 0.917. The van der Waals surface area contributed by atoms with E-state index in [2.05, 4.69) is 24.2 Å². The van der Waals surface area contributed by atoms with Crippen molar-refractivity contribution in [3.63, 3.8) is 0 Å². The Bertz CT molecular complexity index is 244. The van der Waals surface area contributed by atoms with Crippen LogP contribution >= 0.6 is 11.8 Å². The molecule has 1 unspecified atom stereocenters. The van der Waals surface area contributed by atoms with E-state index in [1.165, 1.54) is 43.0 Å². The third-order valence-corrected chi connectivity index (χ3v) is 4.86. The number of nitrogens with one attached hydrogen (secondary N) is 1. The van der Waals surface area contributed by atoms with Crippen LogP contribution in [0.4, 0.5) is 0 Å². The molecule has 2 rings (SSSR count). The van der Waals surface area contributed by atoms with E-state index in [1.54, 1.807) is 0 Å². The Labute approximate surface area is 97.3 Å². The molecule has 0 aromatic rings. The number of thioether (sulfide) groups is 1. The molecule has 1 N–H and O–H groups in total. The van der Waals surface area contributed by atoms with Crippen LogP contribution < -0.4 is 5.32 Å². The smallest absolute Gasteiger partial charge is 0.157 e. The third kappa shape index (κ3) is 2.68. The summed E-state index contributed by atoms with van der Waals surface area (Å²) in [5.41, 5.74) is 0.430. The van der Waals surface area contributed by atoms with Crippen LogP contribution in [0.5, 0.6) is 0 Å². The minimum absolute atomic E-state index is 0.430. The van der Waals surface area contributed by atoms with E-state index >= 15 is 0 Å². The van der Waals surface area contributed by atoms with E-state index in [4.69, 9.17) is 0 Å². The van der Waals surface area contributed by atoms with Crippen molar-refractivity contribution >= 4 is 16.9 Å². The largest absolute Gasteiger partial charge is 0.359 e. The van der Waals surface area contributed by atoms with Crippen LogP contribution in [0.1, 0.15) is 46.0 Å². The molecular weight excluding hydrogens is 204 g/mol. The summed E-state index contributed by atoms with van der Waals surface area (Å²) < 4.78 is 0. The molecule has 1 saturated carbocycles. The molecule has 0 amide bonds. The molecule has 1 heterocycles. The molecule has 0 radical (unpaired) electrons. The molecule has 2 aliphatic rings. The van der Waals surface area contributed by atoms with E-state index in [0.29, 0.717) is 5.54 Å². The summed E-state index contributed by atoms with van der Waals surface area (Å²) in [7, 11) is 0. The van der Waals surface area contributed by atoms with Crippen molar-refractivity contribution in [2.45, 2.75) is 51.5 Å². The number of hydrogen-bond donors (Lipinski definition) is 1. The number of amidine groups is 1. The highest BCUT2D eigenvalue weighted by Gasteiger charge is 2.39. The molecule has 1 spiro atoms. The van der Waals surface area contributed by atoms with Crippen molar-refractivity contribution in [1.82, 2.24) is 5.32 Å². The first-order valence-electron chi connectivity index (χ1n) is 6.19. The molecule has 1 aliphatic heterocycles. The summed E-state index contributed by atoms with van der Waals surface area (Å²) in [6, 6.07) is 0. The molecule has 86 valence electrons. The van der Waals surface area contributed by atoms with Crippen molar-refractivity contribution in [3.8, 4) is 0 Å². The maximum atomic E-state index is 4.68. The van der Waals surface area contributed by atoms with Crippen molar-refractivity contribution in [3.05, 3.63) is 0 Å². The second kappa shape index (κ2) is 4.77. The van der Waals surface area contributed by atoms with E-state index in [1.807, 2.05) is 11.8 Å². The summed E-state index contributed by atoms with van der Waals surface area (Å²) in [5, 5.41) is 4.86. The van der Waals surface area contributed by atoms with Crippen LogP contribution in [0.25, 0.3) is 0 Å². The molecule has 0 aromatic carbocycles. The van der Waals surface area contributed by atoms with Crippen molar-refractivity contribution in [1.29, 1.82) is 0 Å². The van der Waals surface area contributed by atoms with Gasteiger partial charge in [0, 0.05) is 17.8 Å². The minimum Gasteiger partial charge on any atom is -0.359 e. The van der Waals surface area contributed by atoms with Gasteiger partial charge in [-0.1, -0.05) is 44.9 Å². The Balaban J connectivity index is 1.86. The number of aliphatic imine (C=N–C) groups is 1. The Morgan fingerprint density at radius 1 is 1.47 bits per heavy atom. The van der Waals surface area contributed by atoms with E-state index in [0.717, 1.165) is 12.5 Å². The van der Waals surface area contributed by atoms with Crippen molar-refractivity contribution < 1.29 is 0 Å². The second-order valence-corrected chi connectivity index (χ2v) is 6.02. The molecule has 0 aromatic heterocycles. The zero-order chi connectivity index (χ0) is 10.7. The van der Waals surface area contributed by atoms with Crippen LogP contribution in [0.2, 0.25) is 0 Å². The Morgan fingerprint density at radius 2 is 2.20 bits per heavy atom. The zero-order valence-corrected chi connectivity index (χ0v) is 10.7. The topological polar surface area (TPSA) is 24.4 Å². The van der Waals surface area contributed by atoms with E-state index in [9.17, 15) is 0 Å². The maximum absolute atomic E-state index is 4.68. The van der Waals surface area contributed by atoms with Crippen molar-refractivity contribution in [2.75, 3.05) is 12.3 Å². The molecule has 2 nitrogen and oxygen atoms in total. The van der Waals surface area contributed by atoms with Gasteiger partial charge in [-0.05, 0) is 18.8 Å². The first kappa shape index (κ1) is 11.3. The lowest BCUT2D eigenvalue weighted by atomic mass is 10.0. The van der Waals surface area contributed by atoms with Crippen molar-refractivity contribution in [2.24, 2.45) is 10.9 Å². The first-order valence-corrected chi connectivity index (χ1v) is 7.18. The summed E-state index contributed by atoms with van der Waals surface area (Å²) >= 11 is 1.93. The highest BCUT2D eigenvalue weighted by molar-refractivity contribution is 8.14. The SMILES string of the molecule is CCC(C)CN=C1NC2(CCCC2)CS1. The van der Waals surface area contributed by atoms with Gasteiger partial charge in [0.25, 0.3) is 0 Å². The van der Waals surface area contributed by atoms with Gasteiger partial charge in [-0.2, -0.15) is 0 Å². The summed E-state index contributed by atoms with van der Waals surface area (Å²) in [6.07, 6.45) is 6.72.